The lowest BCUT2D eigenvalue weighted by Gasteiger charge is -2.43. The van der Waals surface area contributed by atoms with Crippen LogP contribution in [0.1, 0.15) is 45.6 Å². The summed E-state index contributed by atoms with van der Waals surface area (Å²) in [7, 11) is 0. The van der Waals surface area contributed by atoms with E-state index in [4.69, 9.17) is 5.84 Å². The van der Waals surface area contributed by atoms with E-state index < -0.39 is 0 Å². The standard InChI is InChI=1S/C17H29N3/c1-5-20(6-2)17(3,4)16(19-18)15-12-14(15)13-10-8-7-9-11-13/h7-11,14-16,19H,5-6,12,18H2,1-4H3. The summed E-state index contributed by atoms with van der Waals surface area (Å²) >= 11 is 0. The Balaban J connectivity index is 2.11. The predicted octanol–water partition coefficient (Wildman–Crippen LogP) is 2.74. The highest BCUT2D eigenvalue weighted by Crippen LogP contribution is 2.51. The summed E-state index contributed by atoms with van der Waals surface area (Å²) in [6.07, 6.45) is 1.24. The van der Waals surface area contributed by atoms with Gasteiger partial charge in [0.2, 0.25) is 0 Å². The van der Waals surface area contributed by atoms with E-state index in [1.54, 1.807) is 0 Å². The van der Waals surface area contributed by atoms with Gasteiger partial charge in [0, 0.05) is 11.6 Å². The monoisotopic (exact) mass is 275 g/mol. The molecular weight excluding hydrogens is 246 g/mol. The van der Waals surface area contributed by atoms with Crippen LogP contribution >= 0.6 is 0 Å². The molecule has 3 N–H and O–H groups in total. The molecule has 0 aromatic heterocycles. The van der Waals surface area contributed by atoms with Crippen molar-refractivity contribution in [3.05, 3.63) is 35.9 Å². The van der Waals surface area contributed by atoms with Crippen molar-refractivity contribution >= 4 is 0 Å². The molecule has 1 aromatic rings. The van der Waals surface area contributed by atoms with Crippen LogP contribution in [0.3, 0.4) is 0 Å². The first-order valence-corrected chi connectivity index (χ1v) is 7.82. The van der Waals surface area contributed by atoms with Crippen molar-refractivity contribution in [3.8, 4) is 0 Å². The molecule has 1 aliphatic rings. The van der Waals surface area contributed by atoms with Crippen molar-refractivity contribution in [1.82, 2.24) is 10.3 Å². The number of hydrogen-bond acceptors (Lipinski definition) is 3. The van der Waals surface area contributed by atoms with Crippen LogP contribution in [0, 0.1) is 5.92 Å². The molecule has 112 valence electrons. The second kappa shape index (κ2) is 6.25. The van der Waals surface area contributed by atoms with Gasteiger partial charge in [-0.15, -0.1) is 0 Å². The van der Waals surface area contributed by atoms with Gasteiger partial charge in [-0.25, -0.2) is 0 Å². The molecule has 1 aromatic carbocycles. The smallest absolute Gasteiger partial charge is 0.0423 e. The Bertz CT molecular complexity index is 412. The first-order chi connectivity index (χ1) is 9.56. The molecule has 0 heterocycles. The first-order valence-electron chi connectivity index (χ1n) is 7.82. The number of nitrogens with zero attached hydrogens (tertiary/aromatic N) is 1. The summed E-state index contributed by atoms with van der Waals surface area (Å²) in [5.41, 5.74) is 4.64. The van der Waals surface area contributed by atoms with E-state index in [0.717, 1.165) is 13.1 Å². The fraction of sp³-hybridized carbons (Fsp3) is 0.647. The average Bonchev–Trinajstić information content (AvgIpc) is 3.21. The highest BCUT2D eigenvalue weighted by Gasteiger charge is 2.50. The molecule has 0 aliphatic heterocycles. The molecule has 0 bridgehead atoms. The minimum absolute atomic E-state index is 0.0758. The predicted molar refractivity (Wildman–Crippen MR) is 85.4 cm³/mol. The number of benzene rings is 1. The van der Waals surface area contributed by atoms with Crippen LogP contribution in [-0.2, 0) is 0 Å². The van der Waals surface area contributed by atoms with Gasteiger partial charge in [-0.2, -0.15) is 0 Å². The average molecular weight is 275 g/mol. The molecule has 2 rings (SSSR count). The number of likely N-dealkylation sites (N-methyl/N-ethyl adjacent to an activating group) is 1. The Labute approximate surface area is 123 Å². The molecule has 3 unspecified atom stereocenters. The molecule has 3 nitrogen and oxygen atoms in total. The third-order valence-electron chi connectivity index (χ3n) is 5.01. The molecular formula is C17H29N3. The summed E-state index contributed by atoms with van der Waals surface area (Å²) in [5, 5.41) is 0. The third-order valence-corrected chi connectivity index (χ3v) is 5.01. The lowest BCUT2D eigenvalue weighted by atomic mass is 9.87. The van der Waals surface area contributed by atoms with Crippen LogP contribution in [0.5, 0.6) is 0 Å². The highest BCUT2D eigenvalue weighted by molar-refractivity contribution is 5.27. The highest BCUT2D eigenvalue weighted by atomic mass is 15.3. The van der Waals surface area contributed by atoms with Gasteiger partial charge in [-0.05, 0) is 50.8 Å². The molecule has 0 saturated heterocycles. The molecule has 0 spiro atoms. The van der Waals surface area contributed by atoms with Crippen molar-refractivity contribution in [1.29, 1.82) is 0 Å². The van der Waals surface area contributed by atoms with Crippen LogP contribution in [0.4, 0.5) is 0 Å². The summed E-state index contributed by atoms with van der Waals surface area (Å²) in [6, 6.07) is 11.1. The fourth-order valence-corrected chi connectivity index (χ4v) is 3.75. The molecule has 3 atom stereocenters. The van der Waals surface area contributed by atoms with Gasteiger partial charge < -0.3 is 0 Å². The van der Waals surface area contributed by atoms with Gasteiger partial charge in [0.25, 0.3) is 0 Å². The van der Waals surface area contributed by atoms with Crippen LogP contribution in [0.2, 0.25) is 0 Å². The molecule has 0 radical (unpaired) electrons. The Kier molecular flexibility index (Phi) is 4.84. The number of hydrogen-bond donors (Lipinski definition) is 2. The topological polar surface area (TPSA) is 41.3 Å². The molecule has 1 fully saturated rings. The Morgan fingerprint density at radius 1 is 1.25 bits per heavy atom. The molecule has 20 heavy (non-hydrogen) atoms. The largest absolute Gasteiger partial charge is 0.297 e. The number of nitrogens with one attached hydrogen (secondary N) is 1. The van der Waals surface area contributed by atoms with Gasteiger partial charge >= 0.3 is 0 Å². The maximum Gasteiger partial charge on any atom is 0.0423 e. The summed E-state index contributed by atoms with van der Waals surface area (Å²) in [4.78, 5) is 2.50. The van der Waals surface area contributed by atoms with Crippen molar-refractivity contribution < 1.29 is 0 Å². The maximum absolute atomic E-state index is 5.91. The Morgan fingerprint density at radius 2 is 1.85 bits per heavy atom. The SMILES string of the molecule is CCN(CC)C(C)(C)C(NN)C1CC1c1ccccc1. The van der Waals surface area contributed by atoms with Crippen molar-refractivity contribution in [2.45, 2.75) is 51.6 Å². The van der Waals surface area contributed by atoms with Crippen molar-refractivity contribution in [2.75, 3.05) is 13.1 Å². The van der Waals surface area contributed by atoms with E-state index in [-0.39, 0.29) is 5.54 Å². The van der Waals surface area contributed by atoms with E-state index in [0.29, 0.717) is 17.9 Å². The second-order valence-corrected chi connectivity index (χ2v) is 6.39. The molecule has 1 aliphatic carbocycles. The number of hydrazine groups is 1. The minimum Gasteiger partial charge on any atom is -0.297 e. The Hall–Kier alpha value is -0.900. The molecule has 0 amide bonds. The fourth-order valence-electron chi connectivity index (χ4n) is 3.75. The summed E-state index contributed by atoms with van der Waals surface area (Å²) in [5.74, 6) is 7.21. The van der Waals surface area contributed by atoms with Crippen LogP contribution in [0.15, 0.2) is 30.3 Å². The van der Waals surface area contributed by atoms with Crippen molar-refractivity contribution in [2.24, 2.45) is 11.8 Å². The number of rotatable bonds is 7. The minimum atomic E-state index is 0.0758. The third kappa shape index (κ3) is 2.90. The van der Waals surface area contributed by atoms with E-state index >= 15 is 0 Å². The lowest BCUT2D eigenvalue weighted by molar-refractivity contribution is 0.0813. The zero-order valence-electron chi connectivity index (χ0n) is 13.3. The van der Waals surface area contributed by atoms with E-state index in [1.807, 2.05) is 0 Å². The van der Waals surface area contributed by atoms with Gasteiger partial charge in [0.05, 0.1) is 0 Å². The molecule has 1 saturated carbocycles. The lowest BCUT2D eigenvalue weighted by Crippen LogP contribution is -2.60. The summed E-state index contributed by atoms with van der Waals surface area (Å²) in [6.45, 7) is 11.2. The van der Waals surface area contributed by atoms with Gasteiger partial charge in [-0.3, -0.25) is 16.2 Å². The zero-order valence-corrected chi connectivity index (χ0v) is 13.3. The van der Waals surface area contributed by atoms with E-state index in [2.05, 4.69) is 68.4 Å². The Morgan fingerprint density at radius 3 is 2.35 bits per heavy atom. The van der Waals surface area contributed by atoms with Crippen LogP contribution in [-0.4, -0.2) is 29.6 Å². The molecule has 3 heteroatoms. The van der Waals surface area contributed by atoms with Gasteiger partial charge in [0.15, 0.2) is 0 Å². The normalized spacial score (nSPS) is 23.9. The summed E-state index contributed by atoms with van der Waals surface area (Å²) < 4.78 is 0. The van der Waals surface area contributed by atoms with Gasteiger partial charge in [-0.1, -0.05) is 44.2 Å². The van der Waals surface area contributed by atoms with E-state index in [1.165, 1.54) is 12.0 Å². The first kappa shape index (κ1) is 15.5. The quantitative estimate of drug-likeness (QED) is 0.594. The van der Waals surface area contributed by atoms with Crippen LogP contribution < -0.4 is 11.3 Å². The maximum atomic E-state index is 5.91. The van der Waals surface area contributed by atoms with E-state index in [9.17, 15) is 0 Å². The second-order valence-electron chi connectivity index (χ2n) is 6.39. The van der Waals surface area contributed by atoms with Crippen molar-refractivity contribution in [3.63, 3.8) is 0 Å². The number of nitrogens with two attached hydrogens (primary N) is 1. The van der Waals surface area contributed by atoms with Gasteiger partial charge in [0.1, 0.15) is 0 Å². The van der Waals surface area contributed by atoms with Crippen LogP contribution in [0.25, 0.3) is 0 Å². The zero-order chi connectivity index (χ0) is 14.8.